The van der Waals surface area contributed by atoms with Gasteiger partial charge in [0.25, 0.3) is 5.91 Å². The van der Waals surface area contributed by atoms with Gasteiger partial charge in [0.05, 0.1) is 12.2 Å². The standard InChI is InChI=1S/C14H13N5O2/c15-7-12-5-6-13(21-12)14(20)18-10-1-3-11(4-2-10)19-9-16-8-17-19/h1-6,8-9H,7,15H2,(H,18,20). The normalized spacial score (nSPS) is 10.5. The van der Waals surface area contributed by atoms with Crippen molar-refractivity contribution in [3.8, 4) is 5.69 Å². The Kier molecular flexibility index (Phi) is 3.48. The number of benzene rings is 1. The molecule has 2 heterocycles. The third-order valence-electron chi connectivity index (χ3n) is 2.90. The van der Waals surface area contributed by atoms with E-state index in [1.807, 2.05) is 12.1 Å². The maximum absolute atomic E-state index is 12.0. The molecule has 3 aromatic rings. The molecule has 0 radical (unpaired) electrons. The predicted octanol–water partition coefficient (Wildman–Crippen LogP) is 1.57. The topological polar surface area (TPSA) is 99.0 Å². The number of hydrogen-bond acceptors (Lipinski definition) is 5. The van der Waals surface area contributed by atoms with E-state index in [-0.39, 0.29) is 18.2 Å². The van der Waals surface area contributed by atoms with Crippen LogP contribution in [-0.2, 0) is 6.54 Å². The van der Waals surface area contributed by atoms with Gasteiger partial charge >= 0.3 is 0 Å². The fourth-order valence-corrected chi connectivity index (χ4v) is 1.84. The fourth-order valence-electron chi connectivity index (χ4n) is 1.84. The van der Waals surface area contributed by atoms with Gasteiger partial charge in [-0.15, -0.1) is 0 Å². The summed E-state index contributed by atoms with van der Waals surface area (Å²) in [7, 11) is 0. The van der Waals surface area contributed by atoms with Crippen molar-refractivity contribution in [3.05, 3.63) is 60.6 Å². The van der Waals surface area contributed by atoms with Gasteiger partial charge in [-0.3, -0.25) is 4.79 Å². The molecular formula is C14H13N5O2. The highest BCUT2D eigenvalue weighted by Gasteiger charge is 2.11. The quantitative estimate of drug-likeness (QED) is 0.757. The summed E-state index contributed by atoms with van der Waals surface area (Å²) in [4.78, 5) is 15.9. The van der Waals surface area contributed by atoms with Crippen LogP contribution in [0, 0.1) is 0 Å². The zero-order valence-corrected chi connectivity index (χ0v) is 11.1. The Morgan fingerprint density at radius 3 is 2.67 bits per heavy atom. The number of amides is 1. The lowest BCUT2D eigenvalue weighted by Crippen LogP contribution is -2.11. The minimum Gasteiger partial charge on any atom is -0.455 e. The maximum atomic E-state index is 12.0. The number of nitrogens with zero attached hydrogens (tertiary/aromatic N) is 3. The first-order valence-electron chi connectivity index (χ1n) is 6.31. The number of hydrogen-bond donors (Lipinski definition) is 2. The molecule has 1 amide bonds. The monoisotopic (exact) mass is 283 g/mol. The molecule has 3 rings (SSSR count). The largest absolute Gasteiger partial charge is 0.455 e. The summed E-state index contributed by atoms with van der Waals surface area (Å²) in [6.45, 7) is 0.264. The van der Waals surface area contributed by atoms with Crippen LogP contribution in [0.25, 0.3) is 5.69 Å². The number of carbonyl (C=O) groups excluding carboxylic acids is 1. The van der Waals surface area contributed by atoms with Gasteiger partial charge in [-0.25, -0.2) is 9.67 Å². The van der Waals surface area contributed by atoms with Crippen molar-refractivity contribution in [1.29, 1.82) is 0 Å². The van der Waals surface area contributed by atoms with Crippen LogP contribution < -0.4 is 11.1 Å². The first-order chi connectivity index (χ1) is 10.3. The van der Waals surface area contributed by atoms with Gasteiger partial charge in [-0.05, 0) is 36.4 Å². The van der Waals surface area contributed by atoms with E-state index in [1.165, 1.54) is 6.33 Å². The molecule has 0 spiro atoms. The fraction of sp³-hybridized carbons (Fsp3) is 0.0714. The maximum Gasteiger partial charge on any atom is 0.291 e. The van der Waals surface area contributed by atoms with Gasteiger partial charge in [-0.1, -0.05) is 0 Å². The summed E-state index contributed by atoms with van der Waals surface area (Å²) in [5.74, 6) is 0.487. The lowest BCUT2D eigenvalue weighted by Gasteiger charge is -2.05. The smallest absolute Gasteiger partial charge is 0.291 e. The van der Waals surface area contributed by atoms with E-state index < -0.39 is 0 Å². The van der Waals surface area contributed by atoms with Gasteiger partial charge in [0, 0.05) is 5.69 Å². The highest BCUT2D eigenvalue weighted by Crippen LogP contribution is 2.14. The van der Waals surface area contributed by atoms with E-state index in [9.17, 15) is 4.79 Å². The summed E-state index contributed by atoms with van der Waals surface area (Å²) >= 11 is 0. The van der Waals surface area contributed by atoms with Crippen LogP contribution in [0.15, 0.2) is 53.5 Å². The van der Waals surface area contributed by atoms with Crippen LogP contribution in [0.1, 0.15) is 16.3 Å². The number of aromatic nitrogens is 3. The van der Waals surface area contributed by atoms with Crippen LogP contribution in [0.2, 0.25) is 0 Å². The Balaban J connectivity index is 1.71. The van der Waals surface area contributed by atoms with Gasteiger partial charge in [0.15, 0.2) is 5.76 Å². The minimum absolute atomic E-state index is 0.232. The predicted molar refractivity (Wildman–Crippen MR) is 75.9 cm³/mol. The van der Waals surface area contributed by atoms with E-state index in [0.717, 1.165) is 5.69 Å². The highest BCUT2D eigenvalue weighted by molar-refractivity contribution is 6.02. The first kappa shape index (κ1) is 13.1. The Morgan fingerprint density at radius 2 is 2.05 bits per heavy atom. The Bertz CT molecular complexity index is 731. The summed E-state index contributed by atoms with van der Waals surface area (Å²) < 4.78 is 6.92. The van der Waals surface area contributed by atoms with Crippen molar-refractivity contribution in [2.24, 2.45) is 5.73 Å². The molecule has 106 valence electrons. The van der Waals surface area contributed by atoms with Crippen molar-refractivity contribution in [2.45, 2.75) is 6.54 Å². The van der Waals surface area contributed by atoms with Crippen LogP contribution >= 0.6 is 0 Å². The van der Waals surface area contributed by atoms with Gasteiger partial charge < -0.3 is 15.5 Å². The molecule has 0 saturated carbocycles. The lowest BCUT2D eigenvalue weighted by molar-refractivity contribution is 0.0995. The average Bonchev–Trinajstić information content (AvgIpc) is 3.19. The van der Waals surface area contributed by atoms with E-state index >= 15 is 0 Å². The second kappa shape index (κ2) is 5.59. The number of rotatable bonds is 4. The van der Waals surface area contributed by atoms with Crippen molar-refractivity contribution >= 4 is 11.6 Å². The molecule has 0 aliphatic rings. The molecule has 7 heteroatoms. The SMILES string of the molecule is NCc1ccc(C(=O)Nc2ccc(-n3cncn3)cc2)o1. The molecule has 0 atom stereocenters. The summed E-state index contributed by atoms with van der Waals surface area (Å²) in [6, 6.07) is 10.5. The third kappa shape index (κ3) is 2.82. The van der Waals surface area contributed by atoms with E-state index in [1.54, 1.807) is 35.3 Å². The summed E-state index contributed by atoms with van der Waals surface area (Å²) in [5, 5.41) is 6.78. The van der Waals surface area contributed by atoms with Gasteiger partial charge in [-0.2, -0.15) is 5.10 Å². The van der Waals surface area contributed by atoms with Gasteiger partial charge in [0.1, 0.15) is 18.4 Å². The second-order valence-electron chi connectivity index (χ2n) is 4.31. The average molecular weight is 283 g/mol. The molecule has 2 aromatic heterocycles. The van der Waals surface area contributed by atoms with E-state index in [0.29, 0.717) is 11.4 Å². The number of nitrogens with one attached hydrogen (secondary N) is 1. The molecule has 0 fully saturated rings. The zero-order valence-electron chi connectivity index (χ0n) is 11.1. The summed E-state index contributed by atoms with van der Waals surface area (Å²) in [5.41, 5.74) is 6.96. The zero-order chi connectivity index (χ0) is 14.7. The number of carbonyl (C=O) groups is 1. The highest BCUT2D eigenvalue weighted by atomic mass is 16.4. The molecule has 1 aromatic carbocycles. The third-order valence-corrected chi connectivity index (χ3v) is 2.90. The van der Waals surface area contributed by atoms with Crippen molar-refractivity contribution in [3.63, 3.8) is 0 Å². The molecular weight excluding hydrogens is 270 g/mol. The molecule has 21 heavy (non-hydrogen) atoms. The molecule has 0 aliphatic heterocycles. The van der Waals surface area contributed by atoms with E-state index in [2.05, 4.69) is 15.4 Å². The summed E-state index contributed by atoms with van der Waals surface area (Å²) in [6.07, 6.45) is 3.06. The molecule has 7 nitrogen and oxygen atoms in total. The molecule has 0 bridgehead atoms. The molecule has 3 N–H and O–H groups in total. The Morgan fingerprint density at radius 1 is 1.24 bits per heavy atom. The Hall–Kier alpha value is -2.93. The van der Waals surface area contributed by atoms with Crippen LogP contribution in [-0.4, -0.2) is 20.7 Å². The second-order valence-corrected chi connectivity index (χ2v) is 4.31. The molecule has 0 aliphatic carbocycles. The molecule has 0 unspecified atom stereocenters. The number of furan rings is 1. The minimum atomic E-state index is -0.316. The van der Waals surface area contributed by atoms with Crippen LogP contribution in [0.3, 0.4) is 0 Å². The van der Waals surface area contributed by atoms with E-state index in [4.69, 9.17) is 10.2 Å². The molecule has 0 saturated heterocycles. The van der Waals surface area contributed by atoms with Crippen molar-refractivity contribution < 1.29 is 9.21 Å². The first-order valence-corrected chi connectivity index (χ1v) is 6.31. The Labute approximate surface area is 120 Å². The van der Waals surface area contributed by atoms with Crippen LogP contribution in [0.4, 0.5) is 5.69 Å². The number of nitrogens with two attached hydrogens (primary N) is 1. The van der Waals surface area contributed by atoms with Gasteiger partial charge in [0.2, 0.25) is 0 Å². The number of anilines is 1. The van der Waals surface area contributed by atoms with Crippen molar-refractivity contribution in [1.82, 2.24) is 14.8 Å². The lowest BCUT2D eigenvalue weighted by atomic mass is 10.2. The van der Waals surface area contributed by atoms with Crippen LogP contribution in [0.5, 0.6) is 0 Å². The van der Waals surface area contributed by atoms with Crippen molar-refractivity contribution in [2.75, 3.05) is 5.32 Å².